The average Bonchev–Trinajstić information content (AvgIpc) is 2.65. The van der Waals surface area contributed by atoms with Gasteiger partial charge in [-0.05, 0) is 25.1 Å². The Balaban J connectivity index is 2.19. The second kappa shape index (κ2) is 7.19. The van der Waals surface area contributed by atoms with Crippen LogP contribution >= 0.6 is 0 Å². The maximum Gasteiger partial charge on any atom is 0.221 e. The van der Waals surface area contributed by atoms with Crippen LogP contribution in [-0.2, 0) is 4.79 Å². The van der Waals surface area contributed by atoms with Crippen LogP contribution < -0.4 is 15.2 Å². The van der Waals surface area contributed by atoms with Crippen molar-refractivity contribution in [1.82, 2.24) is 0 Å². The van der Waals surface area contributed by atoms with E-state index in [0.717, 1.165) is 0 Å². The number of ketones is 2. The highest BCUT2D eigenvalue weighted by atomic mass is 16.5. The number of phenolic OH excluding ortho intramolecular Hbond substituents is 1. The molecule has 1 aliphatic rings. The summed E-state index contributed by atoms with van der Waals surface area (Å²) in [4.78, 5) is 37.2. The molecular formula is C21H19NO6. The van der Waals surface area contributed by atoms with E-state index < -0.39 is 17.5 Å². The van der Waals surface area contributed by atoms with Gasteiger partial charge in [-0.3, -0.25) is 14.4 Å². The van der Waals surface area contributed by atoms with Gasteiger partial charge < -0.3 is 20.3 Å². The minimum Gasteiger partial charge on any atom is -0.507 e. The van der Waals surface area contributed by atoms with Crippen LogP contribution in [0.4, 0.5) is 0 Å². The van der Waals surface area contributed by atoms with Crippen LogP contribution in [0.1, 0.15) is 50.8 Å². The zero-order valence-corrected chi connectivity index (χ0v) is 15.7. The van der Waals surface area contributed by atoms with Crippen LogP contribution in [0, 0.1) is 0 Å². The number of phenols is 1. The quantitative estimate of drug-likeness (QED) is 0.701. The maximum atomic E-state index is 13.1. The molecule has 2 aromatic carbocycles. The van der Waals surface area contributed by atoms with Gasteiger partial charge in [0, 0.05) is 23.1 Å². The number of carbonyl (C=O) groups is 3. The van der Waals surface area contributed by atoms with Gasteiger partial charge in [0.1, 0.15) is 5.75 Å². The summed E-state index contributed by atoms with van der Waals surface area (Å²) in [5.41, 5.74) is 6.34. The molecule has 0 aliphatic heterocycles. The van der Waals surface area contributed by atoms with Crippen LogP contribution in [0.15, 0.2) is 29.8 Å². The zero-order chi connectivity index (χ0) is 20.6. The average molecular weight is 381 g/mol. The standard InChI is InChI=1S/C21H19NO6/c1-10(9-15(22)23)8-11-4-5-12-16(18(11)24)19(25)13-6-7-14(27-2)21(28-3)17(13)20(12)26/h4-8,24H,9H2,1-3H3,(H2,22,23)/b10-8-. The van der Waals surface area contributed by atoms with E-state index in [1.54, 1.807) is 13.0 Å². The van der Waals surface area contributed by atoms with Crippen LogP contribution in [0.5, 0.6) is 17.2 Å². The van der Waals surface area contributed by atoms with E-state index in [1.807, 2.05) is 0 Å². The number of methoxy groups -OCH3 is 2. The Morgan fingerprint density at radius 2 is 1.64 bits per heavy atom. The number of primary amides is 1. The summed E-state index contributed by atoms with van der Waals surface area (Å²) in [5, 5.41) is 10.7. The molecule has 7 heteroatoms. The number of amides is 1. The molecule has 0 fully saturated rings. The summed E-state index contributed by atoms with van der Waals surface area (Å²) >= 11 is 0. The number of rotatable bonds is 5. The van der Waals surface area contributed by atoms with Crippen molar-refractivity contribution >= 4 is 23.5 Å². The molecule has 1 amide bonds. The SMILES string of the molecule is COc1ccc2c(c1OC)C(=O)c1ccc(/C=C(/C)CC(N)=O)c(O)c1C2=O. The summed E-state index contributed by atoms with van der Waals surface area (Å²) in [5.74, 6) is -1.26. The first-order valence-electron chi connectivity index (χ1n) is 8.46. The normalized spacial score (nSPS) is 13.0. The van der Waals surface area contributed by atoms with E-state index in [1.165, 1.54) is 38.5 Å². The molecule has 0 unspecified atom stereocenters. The fourth-order valence-corrected chi connectivity index (χ4v) is 3.35. The molecule has 144 valence electrons. The Kier molecular flexibility index (Phi) is 4.92. The minimum atomic E-state index is -0.507. The first kappa shape index (κ1) is 19.2. The summed E-state index contributed by atoms with van der Waals surface area (Å²) < 4.78 is 10.5. The number of hydrogen-bond donors (Lipinski definition) is 2. The Labute approximate surface area is 161 Å². The first-order valence-corrected chi connectivity index (χ1v) is 8.46. The van der Waals surface area contributed by atoms with E-state index in [0.29, 0.717) is 16.9 Å². The van der Waals surface area contributed by atoms with E-state index in [9.17, 15) is 19.5 Å². The lowest BCUT2D eigenvalue weighted by atomic mass is 9.82. The van der Waals surface area contributed by atoms with Crippen LogP contribution in [-0.4, -0.2) is 36.8 Å². The predicted molar refractivity (Wildman–Crippen MR) is 102 cm³/mol. The van der Waals surface area contributed by atoms with Crippen molar-refractivity contribution in [2.75, 3.05) is 14.2 Å². The van der Waals surface area contributed by atoms with Gasteiger partial charge in [0.2, 0.25) is 5.91 Å². The van der Waals surface area contributed by atoms with Gasteiger partial charge in [-0.2, -0.15) is 0 Å². The van der Waals surface area contributed by atoms with Crippen LogP contribution in [0.25, 0.3) is 6.08 Å². The molecule has 2 aromatic rings. The van der Waals surface area contributed by atoms with Gasteiger partial charge >= 0.3 is 0 Å². The predicted octanol–water partition coefficient (Wildman–Crippen LogP) is 2.46. The highest BCUT2D eigenvalue weighted by Crippen LogP contribution is 2.42. The lowest BCUT2D eigenvalue weighted by molar-refractivity contribution is -0.117. The van der Waals surface area contributed by atoms with Crippen LogP contribution in [0.3, 0.4) is 0 Å². The zero-order valence-electron chi connectivity index (χ0n) is 15.7. The molecular weight excluding hydrogens is 362 g/mol. The van der Waals surface area contributed by atoms with E-state index in [2.05, 4.69) is 0 Å². The van der Waals surface area contributed by atoms with E-state index in [4.69, 9.17) is 15.2 Å². The number of aromatic hydroxyl groups is 1. The molecule has 0 bridgehead atoms. The Bertz CT molecular complexity index is 1050. The largest absolute Gasteiger partial charge is 0.507 e. The van der Waals surface area contributed by atoms with Crippen molar-refractivity contribution in [2.45, 2.75) is 13.3 Å². The monoisotopic (exact) mass is 381 g/mol. The van der Waals surface area contributed by atoms with E-state index in [-0.39, 0.29) is 40.2 Å². The molecule has 0 aromatic heterocycles. The summed E-state index contributed by atoms with van der Waals surface area (Å²) in [6.45, 7) is 1.68. The van der Waals surface area contributed by atoms with Crippen molar-refractivity contribution in [3.63, 3.8) is 0 Å². The molecule has 0 atom stereocenters. The maximum absolute atomic E-state index is 13.1. The van der Waals surface area contributed by atoms with Crippen molar-refractivity contribution in [3.05, 3.63) is 57.7 Å². The van der Waals surface area contributed by atoms with Gasteiger partial charge in [0.15, 0.2) is 23.1 Å². The number of nitrogens with two attached hydrogens (primary N) is 1. The molecule has 0 saturated carbocycles. The van der Waals surface area contributed by atoms with Gasteiger partial charge in [0.05, 0.1) is 25.3 Å². The second-order valence-corrected chi connectivity index (χ2v) is 6.44. The molecule has 1 aliphatic carbocycles. The van der Waals surface area contributed by atoms with Gasteiger partial charge in [-0.1, -0.05) is 17.7 Å². The summed E-state index contributed by atoms with van der Waals surface area (Å²) in [6.07, 6.45) is 1.57. The van der Waals surface area contributed by atoms with Crippen molar-refractivity contribution in [2.24, 2.45) is 5.73 Å². The highest BCUT2D eigenvalue weighted by Gasteiger charge is 2.36. The molecule has 3 N–H and O–H groups in total. The number of fused-ring (bicyclic) bond motifs is 2. The van der Waals surface area contributed by atoms with Crippen molar-refractivity contribution in [1.29, 1.82) is 0 Å². The van der Waals surface area contributed by atoms with Gasteiger partial charge in [0.25, 0.3) is 0 Å². The summed E-state index contributed by atoms with van der Waals surface area (Å²) in [7, 11) is 2.82. The third-order valence-electron chi connectivity index (χ3n) is 4.55. The smallest absolute Gasteiger partial charge is 0.221 e. The molecule has 0 heterocycles. The third-order valence-corrected chi connectivity index (χ3v) is 4.55. The number of hydrogen-bond acceptors (Lipinski definition) is 6. The number of benzene rings is 2. The van der Waals surface area contributed by atoms with Crippen molar-refractivity contribution < 1.29 is 29.0 Å². The number of ether oxygens (including phenoxy) is 2. The van der Waals surface area contributed by atoms with E-state index >= 15 is 0 Å². The summed E-state index contributed by atoms with van der Waals surface area (Å²) in [6, 6.07) is 5.99. The molecule has 0 saturated heterocycles. The van der Waals surface area contributed by atoms with Crippen LogP contribution in [0.2, 0.25) is 0 Å². The lowest BCUT2D eigenvalue weighted by Gasteiger charge is -2.22. The van der Waals surface area contributed by atoms with Crippen molar-refractivity contribution in [3.8, 4) is 17.2 Å². The Morgan fingerprint density at radius 3 is 2.25 bits per heavy atom. The topological polar surface area (TPSA) is 116 Å². The Morgan fingerprint density at radius 1 is 1.04 bits per heavy atom. The fraction of sp³-hybridized carbons (Fsp3) is 0.190. The first-order chi connectivity index (χ1) is 13.3. The second-order valence-electron chi connectivity index (χ2n) is 6.44. The number of carbonyl (C=O) groups excluding carboxylic acids is 3. The molecule has 28 heavy (non-hydrogen) atoms. The molecule has 3 rings (SSSR count). The minimum absolute atomic E-state index is 0.0171. The Hall–Kier alpha value is -3.61. The molecule has 0 spiro atoms. The lowest BCUT2D eigenvalue weighted by Crippen LogP contribution is -2.22. The third kappa shape index (κ3) is 3.00. The molecule has 0 radical (unpaired) electrons. The fourth-order valence-electron chi connectivity index (χ4n) is 3.35. The van der Waals surface area contributed by atoms with Gasteiger partial charge in [-0.15, -0.1) is 0 Å². The highest BCUT2D eigenvalue weighted by molar-refractivity contribution is 6.30. The molecule has 7 nitrogen and oxygen atoms in total. The van der Waals surface area contributed by atoms with Gasteiger partial charge in [-0.25, -0.2) is 0 Å².